The van der Waals surface area contributed by atoms with Gasteiger partial charge >= 0.3 is 0 Å². The maximum atomic E-state index is 12.3. The van der Waals surface area contributed by atoms with Gasteiger partial charge < -0.3 is 15.4 Å². The third-order valence-electron chi connectivity index (χ3n) is 3.85. The maximum Gasteiger partial charge on any atom is 0.231 e. The number of halogens is 1. The molecule has 0 aliphatic carbocycles. The third-order valence-corrected chi connectivity index (χ3v) is 4.09. The number of carbonyl (C=O) groups is 2. The lowest BCUT2D eigenvalue weighted by Gasteiger charge is -2.14. The van der Waals surface area contributed by atoms with Gasteiger partial charge in [-0.3, -0.25) is 9.59 Å². The van der Waals surface area contributed by atoms with Crippen molar-refractivity contribution in [3.8, 4) is 5.75 Å². The quantitative estimate of drug-likeness (QED) is 0.893. The van der Waals surface area contributed by atoms with E-state index in [0.29, 0.717) is 22.1 Å². The average molecular weight is 345 g/mol. The average Bonchev–Trinajstić information content (AvgIpc) is 2.70. The molecular weight excluding hydrogens is 328 g/mol. The van der Waals surface area contributed by atoms with Crippen molar-refractivity contribution in [1.82, 2.24) is 0 Å². The van der Waals surface area contributed by atoms with Crippen LogP contribution in [-0.4, -0.2) is 18.4 Å². The molecule has 6 heteroatoms. The van der Waals surface area contributed by atoms with E-state index in [9.17, 15) is 9.59 Å². The minimum atomic E-state index is -0.551. The van der Waals surface area contributed by atoms with Gasteiger partial charge in [0, 0.05) is 17.1 Å². The second-order valence-electron chi connectivity index (χ2n) is 5.70. The summed E-state index contributed by atoms with van der Waals surface area (Å²) in [6.07, 6.45) is 0.0435. The number of para-hydroxylation sites is 2. The Hall–Kier alpha value is -2.53. The normalized spacial score (nSPS) is 16.4. The van der Waals surface area contributed by atoms with Crippen LogP contribution in [-0.2, 0) is 9.59 Å². The number of fused-ring (bicyclic) bond motifs is 1. The summed E-state index contributed by atoms with van der Waals surface area (Å²) in [7, 11) is 0. The number of amides is 2. The molecule has 0 unspecified atom stereocenters. The van der Waals surface area contributed by atoms with Crippen LogP contribution in [0.1, 0.15) is 12.0 Å². The first-order valence-corrected chi connectivity index (χ1v) is 7.99. The Kier molecular flexibility index (Phi) is 4.71. The number of anilines is 2. The monoisotopic (exact) mass is 344 g/mol. The highest BCUT2D eigenvalue weighted by molar-refractivity contribution is 6.30. The Morgan fingerprint density at radius 1 is 1.33 bits per heavy atom. The van der Waals surface area contributed by atoms with Crippen molar-refractivity contribution in [2.75, 3.05) is 17.2 Å². The smallest absolute Gasteiger partial charge is 0.231 e. The molecule has 0 saturated heterocycles. The van der Waals surface area contributed by atoms with Crippen LogP contribution in [0.2, 0.25) is 5.02 Å². The first-order chi connectivity index (χ1) is 11.5. The predicted octanol–water partition coefficient (Wildman–Crippen LogP) is 3.62. The number of hydrogen-bond donors (Lipinski definition) is 2. The van der Waals surface area contributed by atoms with E-state index < -0.39 is 5.92 Å². The molecule has 1 aliphatic rings. The van der Waals surface area contributed by atoms with Crippen molar-refractivity contribution >= 4 is 34.8 Å². The molecule has 0 fully saturated rings. The van der Waals surface area contributed by atoms with Gasteiger partial charge in [0.2, 0.25) is 11.8 Å². The van der Waals surface area contributed by atoms with E-state index in [4.69, 9.17) is 16.3 Å². The van der Waals surface area contributed by atoms with E-state index in [2.05, 4.69) is 10.6 Å². The van der Waals surface area contributed by atoms with Crippen LogP contribution in [0.25, 0.3) is 0 Å². The molecule has 2 aromatic carbocycles. The van der Waals surface area contributed by atoms with Crippen molar-refractivity contribution in [1.29, 1.82) is 0 Å². The first-order valence-electron chi connectivity index (χ1n) is 7.61. The summed E-state index contributed by atoms with van der Waals surface area (Å²) in [5, 5.41) is 6.22. The Bertz CT molecular complexity index is 792. The maximum absolute atomic E-state index is 12.3. The minimum Gasteiger partial charge on any atom is -0.491 e. The molecule has 2 aromatic rings. The van der Waals surface area contributed by atoms with E-state index in [-0.39, 0.29) is 24.8 Å². The largest absolute Gasteiger partial charge is 0.491 e. The molecule has 2 N–H and O–H groups in total. The Balaban J connectivity index is 1.65. The summed E-state index contributed by atoms with van der Waals surface area (Å²) in [4.78, 5) is 24.6. The highest BCUT2D eigenvalue weighted by Gasteiger charge is 2.27. The second-order valence-corrected chi connectivity index (χ2v) is 6.14. The molecule has 1 heterocycles. The van der Waals surface area contributed by atoms with Crippen LogP contribution in [0.5, 0.6) is 5.75 Å². The summed E-state index contributed by atoms with van der Waals surface area (Å²) in [6.45, 7) is 2.02. The molecule has 0 aromatic heterocycles. The number of hydrogen-bond acceptors (Lipinski definition) is 3. The third kappa shape index (κ3) is 3.68. The number of carbonyl (C=O) groups excluding carboxylic acids is 2. The fraction of sp³-hybridized carbons (Fsp3) is 0.222. The van der Waals surface area contributed by atoms with E-state index in [0.717, 1.165) is 5.56 Å². The molecule has 0 bridgehead atoms. The van der Waals surface area contributed by atoms with E-state index in [1.54, 1.807) is 30.3 Å². The molecule has 0 saturated carbocycles. The molecule has 24 heavy (non-hydrogen) atoms. The van der Waals surface area contributed by atoms with E-state index in [1.807, 2.05) is 19.1 Å². The Labute approximate surface area is 145 Å². The SMILES string of the molecule is Cc1cc(Cl)ccc1NC(=O)C[C@H]1COc2ccccc2NC1=O. The van der Waals surface area contributed by atoms with Crippen LogP contribution in [0.3, 0.4) is 0 Å². The van der Waals surface area contributed by atoms with Crippen LogP contribution in [0.4, 0.5) is 11.4 Å². The lowest BCUT2D eigenvalue weighted by atomic mass is 10.0. The van der Waals surface area contributed by atoms with Crippen molar-refractivity contribution in [2.45, 2.75) is 13.3 Å². The molecule has 0 radical (unpaired) electrons. The van der Waals surface area contributed by atoms with Gasteiger partial charge in [0.15, 0.2) is 0 Å². The van der Waals surface area contributed by atoms with Gasteiger partial charge in [-0.25, -0.2) is 0 Å². The van der Waals surface area contributed by atoms with Gasteiger partial charge in [-0.2, -0.15) is 0 Å². The Morgan fingerprint density at radius 3 is 2.92 bits per heavy atom. The summed E-state index contributed by atoms with van der Waals surface area (Å²) in [6, 6.07) is 12.4. The number of ether oxygens (including phenoxy) is 1. The zero-order valence-corrected chi connectivity index (χ0v) is 13.9. The van der Waals surface area contributed by atoms with Crippen molar-refractivity contribution in [2.24, 2.45) is 5.92 Å². The van der Waals surface area contributed by atoms with Crippen LogP contribution >= 0.6 is 11.6 Å². The van der Waals surface area contributed by atoms with Crippen molar-refractivity contribution in [3.05, 3.63) is 53.1 Å². The van der Waals surface area contributed by atoms with Gasteiger partial charge in [-0.15, -0.1) is 0 Å². The summed E-state index contributed by atoms with van der Waals surface area (Å²) in [5.41, 5.74) is 2.17. The van der Waals surface area contributed by atoms with Gasteiger partial charge in [-0.05, 0) is 42.8 Å². The molecular formula is C18H17ClN2O3. The van der Waals surface area contributed by atoms with Crippen LogP contribution in [0.15, 0.2) is 42.5 Å². The molecule has 5 nitrogen and oxygen atoms in total. The zero-order chi connectivity index (χ0) is 17.1. The van der Waals surface area contributed by atoms with Crippen LogP contribution in [0, 0.1) is 12.8 Å². The zero-order valence-electron chi connectivity index (χ0n) is 13.1. The minimum absolute atomic E-state index is 0.0435. The molecule has 1 aliphatic heterocycles. The van der Waals surface area contributed by atoms with E-state index in [1.165, 1.54) is 0 Å². The lowest BCUT2D eigenvalue weighted by Crippen LogP contribution is -2.29. The number of rotatable bonds is 3. The summed E-state index contributed by atoms with van der Waals surface area (Å²) < 4.78 is 5.64. The fourth-order valence-electron chi connectivity index (χ4n) is 2.54. The molecule has 0 spiro atoms. The van der Waals surface area contributed by atoms with Crippen molar-refractivity contribution in [3.63, 3.8) is 0 Å². The summed E-state index contributed by atoms with van der Waals surface area (Å²) >= 11 is 5.91. The number of nitrogens with one attached hydrogen (secondary N) is 2. The highest BCUT2D eigenvalue weighted by atomic mass is 35.5. The topological polar surface area (TPSA) is 67.4 Å². The standard InChI is InChI=1S/C18H17ClN2O3/c1-11-8-13(19)6-7-14(11)20-17(22)9-12-10-24-16-5-3-2-4-15(16)21-18(12)23/h2-8,12H,9-10H2,1H3,(H,20,22)(H,21,23)/t12-/m0/s1. The summed E-state index contributed by atoms with van der Waals surface area (Å²) in [5.74, 6) is -0.398. The molecule has 124 valence electrons. The number of benzene rings is 2. The highest BCUT2D eigenvalue weighted by Crippen LogP contribution is 2.28. The molecule has 1 atom stereocenters. The van der Waals surface area contributed by atoms with Crippen LogP contribution < -0.4 is 15.4 Å². The van der Waals surface area contributed by atoms with Gasteiger partial charge in [-0.1, -0.05) is 23.7 Å². The predicted molar refractivity (Wildman–Crippen MR) is 93.5 cm³/mol. The van der Waals surface area contributed by atoms with Gasteiger partial charge in [0.05, 0.1) is 11.6 Å². The van der Waals surface area contributed by atoms with Crippen molar-refractivity contribution < 1.29 is 14.3 Å². The second kappa shape index (κ2) is 6.93. The molecule has 2 amide bonds. The number of aryl methyl sites for hydroxylation is 1. The Morgan fingerprint density at radius 2 is 2.12 bits per heavy atom. The van der Waals surface area contributed by atoms with Gasteiger partial charge in [0.1, 0.15) is 12.4 Å². The fourth-order valence-corrected chi connectivity index (χ4v) is 2.77. The van der Waals surface area contributed by atoms with E-state index >= 15 is 0 Å². The first kappa shape index (κ1) is 16.3. The molecule has 3 rings (SSSR count). The lowest BCUT2D eigenvalue weighted by molar-refractivity contribution is -0.125. The van der Waals surface area contributed by atoms with Gasteiger partial charge in [0.25, 0.3) is 0 Å².